The number of anilines is 4. The van der Waals surface area contributed by atoms with E-state index in [9.17, 15) is 18.0 Å². The van der Waals surface area contributed by atoms with Gasteiger partial charge in [0.25, 0.3) is 0 Å². The molecule has 0 unspecified atom stereocenters. The molecule has 5 aromatic rings. The molecule has 3 aromatic carbocycles. The molecule has 47 heavy (non-hydrogen) atoms. The molecule has 2 N–H and O–H groups in total. The van der Waals surface area contributed by atoms with Gasteiger partial charge in [-0.2, -0.15) is 10.1 Å². The third-order valence-corrected chi connectivity index (χ3v) is 9.13. The van der Waals surface area contributed by atoms with E-state index in [4.69, 9.17) is 14.9 Å². The molecule has 13 heteroatoms. The van der Waals surface area contributed by atoms with Gasteiger partial charge in [0.05, 0.1) is 22.0 Å². The largest absolute Gasteiger partial charge is 0.461 e. The molecule has 0 bridgehead atoms. The average Bonchev–Trinajstić information content (AvgIpc) is 3.34. The summed E-state index contributed by atoms with van der Waals surface area (Å²) in [5, 5.41) is 11.1. The van der Waals surface area contributed by atoms with Crippen molar-refractivity contribution in [2.24, 2.45) is 18.1 Å². The van der Waals surface area contributed by atoms with Crippen LogP contribution in [0.2, 0.25) is 0 Å². The number of carbonyl (C=O) groups is 2. The van der Waals surface area contributed by atoms with Gasteiger partial charge in [-0.15, -0.1) is 0 Å². The summed E-state index contributed by atoms with van der Waals surface area (Å²) in [4.78, 5) is 38.7. The molecule has 0 aliphatic heterocycles. The lowest BCUT2D eigenvalue weighted by Gasteiger charge is -2.24. The van der Waals surface area contributed by atoms with Crippen molar-refractivity contribution >= 4 is 55.9 Å². The number of ether oxygens (including phenoxy) is 1. The first-order chi connectivity index (χ1) is 22.3. The van der Waals surface area contributed by atoms with E-state index in [1.807, 2.05) is 79.1 Å². The molecule has 0 aliphatic carbocycles. The molecule has 2 aromatic heterocycles. The van der Waals surface area contributed by atoms with Gasteiger partial charge in [0.15, 0.2) is 0 Å². The first kappa shape index (κ1) is 33.2. The van der Waals surface area contributed by atoms with E-state index in [0.29, 0.717) is 11.4 Å². The predicted octanol–water partition coefficient (Wildman–Crippen LogP) is 5.22. The van der Waals surface area contributed by atoms with Crippen LogP contribution in [-0.4, -0.2) is 47.1 Å². The number of fused-ring (bicyclic) bond motifs is 1. The maximum atomic E-state index is 13.9. The van der Waals surface area contributed by atoms with Crippen LogP contribution in [0.25, 0.3) is 10.9 Å². The lowest BCUT2D eigenvalue weighted by atomic mass is 10.1. The number of nitrogens with two attached hydrogens (primary N) is 1. The summed E-state index contributed by atoms with van der Waals surface area (Å²) in [5.41, 5.74) is 4.18. The van der Waals surface area contributed by atoms with Crippen molar-refractivity contribution in [3.05, 3.63) is 95.8 Å². The van der Waals surface area contributed by atoms with Crippen molar-refractivity contribution in [2.75, 3.05) is 16.8 Å². The Morgan fingerprint density at radius 2 is 1.72 bits per heavy atom. The van der Waals surface area contributed by atoms with Crippen LogP contribution in [0.1, 0.15) is 36.6 Å². The van der Waals surface area contributed by atoms with Crippen LogP contribution < -0.4 is 14.9 Å². The minimum absolute atomic E-state index is 0.0256. The van der Waals surface area contributed by atoms with E-state index in [-0.39, 0.29) is 36.0 Å². The molecule has 0 saturated carbocycles. The van der Waals surface area contributed by atoms with Crippen molar-refractivity contribution in [2.45, 2.75) is 45.1 Å². The van der Waals surface area contributed by atoms with E-state index in [2.05, 4.69) is 10.1 Å². The molecule has 12 nitrogen and oxygen atoms in total. The molecule has 244 valence electrons. The Kier molecular flexibility index (Phi) is 9.68. The number of hydrogen-bond donors (Lipinski definition) is 1. The topological polar surface area (TPSA) is 154 Å². The van der Waals surface area contributed by atoms with Gasteiger partial charge in [0, 0.05) is 43.5 Å². The number of hydrogen-bond acceptors (Lipinski definition) is 9. The Morgan fingerprint density at radius 3 is 2.45 bits per heavy atom. The van der Waals surface area contributed by atoms with E-state index in [1.54, 1.807) is 32.0 Å². The van der Waals surface area contributed by atoms with Crippen LogP contribution in [0.4, 0.5) is 23.1 Å². The Labute approximate surface area is 273 Å². The summed E-state index contributed by atoms with van der Waals surface area (Å²) in [6.45, 7) is 5.44. The maximum Gasteiger partial charge on any atom is 0.308 e. The second-order valence-electron chi connectivity index (χ2n) is 11.4. The SMILES string of the molecule is Cc1ccc(N(C(=O)CC[C@H](C)C(=O)OCc2ccccc2)c2nccc(N(C)c3ccc4c(C)n(C)nc4c3)n2)cc1S(N)(=O)=O. The molecule has 0 aliphatic rings. The summed E-state index contributed by atoms with van der Waals surface area (Å²) < 4.78 is 32.0. The number of primary sulfonamides is 1. The highest BCUT2D eigenvalue weighted by atomic mass is 32.2. The molecule has 5 rings (SSSR count). The third-order valence-electron chi connectivity index (χ3n) is 8.08. The predicted molar refractivity (Wildman–Crippen MR) is 180 cm³/mol. The van der Waals surface area contributed by atoms with Crippen LogP contribution in [0, 0.1) is 19.8 Å². The minimum Gasteiger partial charge on any atom is -0.461 e. The Hall–Kier alpha value is -5.14. The molecular formula is C34H37N7O5S. The minimum atomic E-state index is -4.10. The normalized spacial score (nSPS) is 12.1. The van der Waals surface area contributed by atoms with Gasteiger partial charge in [-0.3, -0.25) is 14.3 Å². The number of esters is 1. The highest BCUT2D eigenvalue weighted by Gasteiger charge is 2.26. The Morgan fingerprint density at radius 1 is 1.00 bits per heavy atom. The van der Waals surface area contributed by atoms with Crippen molar-refractivity contribution in [1.82, 2.24) is 19.7 Å². The summed E-state index contributed by atoms with van der Waals surface area (Å²) in [5.74, 6) is -0.942. The number of rotatable bonds is 11. The van der Waals surface area contributed by atoms with E-state index in [1.165, 1.54) is 17.2 Å². The number of sulfonamides is 1. The maximum absolute atomic E-state index is 13.9. The summed E-state index contributed by atoms with van der Waals surface area (Å²) in [7, 11) is -0.370. The molecule has 0 fully saturated rings. The highest BCUT2D eigenvalue weighted by Crippen LogP contribution is 2.31. The van der Waals surface area contributed by atoms with Gasteiger partial charge in [-0.1, -0.05) is 43.3 Å². The van der Waals surface area contributed by atoms with Crippen LogP contribution in [0.3, 0.4) is 0 Å². The lowest BCUT2D eigenvalue weighted by molar-refractivity contribution is -0.149. The van der Waals surface area contributed by atoms with Crippen LogP contribution in [0.15, 0.2) is 83.9 Å². The van der Waals surface area contributed by atoms with Crippen molar-refractivity contribution in [3.8, 4) is 0 Å². The van der Waals surface area contributed by atoms with Crippen LogP contribution >= 0.6 is 0 Å². The molecule has 0 spiro atoms. The Balaban J connectivity index is 1.43. The van der Waals surface area contributed by atoms with Gasteiger partial charge in [0.1, 0.15) is 12.4 Å². The van der Waals surface area contributed by atoms with Gasteiger partial charge < -0.3 is 9.64 Å². The van der Waals surface area contributed by atoms with Crippen LogP contribution in [0.5, 0.6) is 0 Å². The smallest absolute Gasteiger partial charge is 0.308 e. The standard InChI is InChI=1S/C34H37N7O5S/c1-22-11-13-27(20-30(22)47(35,44)45)41(32(42)16-12-23(2)33(43)46-21-25-9-7-6-8-10-25)34-36-18-17-31(37-34)39(4)26-14-15-28-24(3)40(5)38-29(28)19-26/h6-11,13-15,17-20,23H,12,16,21H2,1-5H3,(H2,35,44,45)/t23-/m0/s1. The molecule has 1 amide bonds. The lowest BCUT2D eigenvalue weighted by Crippen LogP contribution is -2.29. The summed E-state index contributed by atoms with van der Waals surface area (Å²) in [6, 6.07) is 21.4. The first-order valence-corrected chi connectivity index (χ1v) is 16.5. The monoisotopic (exact) mass is 655 g/mol. The zero-order valence-electron chi connectivity index (χ0n) is 26.9. The van der Waals surface area contributed by atoms with Crippen molar-refractivity contribution in [3.63, 3.8) is 0 Å². The quantitative estimate of drug-likeness (QED) is 0.189. The van der Waals surface area contributed by atoms with Gasteiger partial charge in [-0.05, 0) is 67.8 Å². The number of carbonyl (C=O) groups excluding carboxylic acids is 2. The fourth-order valence-electron chi connectivity index (χ4n) is 5.14. The first-order valence-electron chi connectivity index (χ1n) is 15.0. The van der Waals surface area contributed by atoms with Gasteiger partial charge in [-0.25, -0.2) is 23.4 Å². The van der Waals surface area contributed by atoms with E-state index >= 15 is 0 Å². The third kappa shape index (κ3) is 7.47. The number of benzene rings is 3. The second kappa shape index (κ2) is 13.7. The summed E-state index contributed by atoms with van der Waals surface area (Å²) >= 11 is 0. The number of aromatic nitrogens is 4. The summed E-state index contributed by atoms with van der Waals surface area (Å²) in [6.07, 6.45) is 1.63. The van der Waals surface area contributed by atoms with E-state index < -0.39 is 27.8 Å². The van der Waals surface area contributed by atoms with Gasteiger partial charge in [0.2, 0.25) is 21.9 Å². The second-order valence-corrected chi connectivity index (χ2v) is 13.0. The Bertz CT molecular complexity index is 2050. The molecule has 2 heterocycles. The fourth-order valence-corrected chi connectivity index (χ4v) is 5.94. The van der Waals surface area contributed by atoms with Crippen LogP contribution in [-0.2, 0) is 38.0 Å². The van der Waals surface area contributed by atoms with Crippen molar-refractivity contribution < 1.29 is 22.7 Å². The van der Waals surface area contributed by atoms with E-state index in [0.717, 1.165) is 27.8 Å². The molecule has 1 atom stereocenters. The highest BCUT2D eigenvalue weighted by molar-refractivity contribution is 7.89. The zero-order valence-corrected chi connectivity index (χ0v) is 27.7. The average molecular weight is 656 g/mol. The fraction of sp³-hybridized carbons (Fsp3) is 0.265. The number of amides is 1. The number of aryl methyl sites for hydroxylation is 3. The number of nitrogens with zero attached hydrogens (tertiary/aromatic N) is 6. The molecule has 0 saturated heterocycles. The molecule has 0 radical (unpaired) electrons. The zero-order chi connectivity index (χ0) is 33.9. The van der Waals surface area contributed by atoms with Crippen molar-refractivity contribution in [1.29, 1.82) is 0 Å². The molecular weight excluding hydrogens is 618 g/mol. The van der Waals surface area contributed by atoms with Gasteiger partial charge >= 0.3 is 5.97 Å².